The summed E-state index contributed by atoms with van der Waals surface area (Å²) in [6.45, 7) is 10.5. The van der Waals surface area contributed by atoms with E-state index in [-0.39, 0.29) is 50.6 Å². The van der Waals surface area contributed by atoms with Crippen molar-refractivity contribution in [2.24, 2.45) is 5.92 Å². The monoisotopic (exact) mass is 805 g/mol. The number of hydrogen-bond acceptors (Lipinski definition) is 9. The Morgan fingerprint density at radius 1 is 0.456 bits per heavy atom. The highest BCUT2D eigenvalue weighted by Gasteiger charge is 2.15. The number of unbranched alkanes of at least 4 members (excludes halogenated alkanes) is 15. The lowest BCUT2D eigenvalue weighted by Gasteiger charge is -2.19. The molecule has 0 heterocycles. The summed E-state index contributed by atoms with van der Waals surface area (Å²) >= 11 is 0. The summed E-state index contributed by atoms with van der Waals surface area (Å²) in [5.74, 6) is -0.268. The highest BCUT2D eigenvalue weighted by Crippen LogP contribution is 2.22. The Bertz CT molecular complexity index is 1100. The third kappa shape index (κ3) is 31.2. The maximum Gasteiger partial charge on any atom is 0.306 e. The zero-order valence-corrected chi connectivity index (χ0v) is 36.9. The van der Waals surface area contributed by atoms with E-state index in [0.29, 0.717) is 68.1 Å². The SMILES string of the molecule is CCCCCCCCOC(CCC(=O)OCc1cc(CO)cc(COC(=O)CCCCC(=O)OCCC(CCCCC)CCCCC)c1)OCCCCCCCC. The summed E-state index contributed by atoms with van der Waals surface area (Å²) in [6.07, 6.45) is 26.8. The van der Waals surface area contributed by atoms with E-state index in [1.807, 2.05) is 6.07 Å². The molecule has 0 saturated heterocycles. The zero-order valence-electron chi connectivity index (χ0n) is 36.9. The van der Waals surface area contributed by atoms with Gasteiger partial charge in [-0.15, -0.1) is 0 Å². The van der Waals surface area contributed by atoms with Crippen LogP contribution in [-0.2, 0) is 57.9 Å². The Balaban J connectivity index is 2.45. The minimum atomic E-state index is -0.431. The molecular formula is C48H84O9. The first-order valence-electron chi connectivity index (χ1n) is 23.3. The Hall–Kier alpha value is -2.49. The minimum Gasteiger partial charge on any atom is -0.466 e. The molecule has 0 spiro atoms. The van der Waals surface area contributed by atoms with Crippen molar-refractivity contribution in [3.8, 4) is 0 Å². The van der Waals surface area contributed by atoms with Gasteiger partial charge in [-0.3, -0.25) is 14.4 Å². The van der Waals surface area contributed by atoms with Gasteiger partial charge in [0, 0.05) is 32.5 Å². The maximum absolute atomic E-state index is 12.8. The Labute approximate surface area is 348 Å². The van der Waals surface area contributed by atoms with Crippen LogP contribution in [0, 0.1) is 5.92 Å². The molecule has 0 unspecified atom stereocenters. The second-order valence-electron chi connectivity index (χ2n) is 16.0. The molecule has 57 heavy (non-hydrogen) atoms. The van der Waals surface area contributed by atoms with E-state index >= 15 is 0 Å². The molecule has 0 fully saturated rings. The van der Waals surface area contributed by atoms with E-state index in [0.717, 1.165) is 32.1 Å². The average Bonchev–Trinajstić information content (AvgIpc) is 3.21. The molecule has 0 amide bonds. The van der Waals surface area contributed by atoms with Crippen LogP contribution in [-0.4, -0.2) is 49.1 Å². The predicted molar refractivity (Wildman–Crippen MR) is 229 cm³/mol. The van der Waals surface area contributed by atoms with E-state index in [2.05, 4.69) is 27.7 Å². The van der Waals surface area contributed by atoms with Crippen molar-refractivity contribution >= 4 is 17.9 Å². The molecule has 0 aliphatic rings. The molecule has 9 nitrogen and oxygen atoms in total. The maximum atomic E-state index is 12.8. The summed E-state index contributed by atoms with van der Waals surface area (Å²) < 4.78 is 28.8. The third-order valence-corrected chi connectivity index (χ3v) is 10.5. The van der Waals surface area contributed by atoms with Crippen LogP contribution in [0.5, 0.6) is 0 Å². The Kier molecular flexibility index (Phi) is 34.8. The first-order valence-corrected chi connectivity index (χ1v) is 23.3. The lowest BCUT2D eigenvalue weighted by atomic mass is 9.92. The number of hydrogen-bond donors (Lipinski definition) is 1. The fourth-order valence-electron chi connectivity index (χ4n) is 6.96. The molecular weight excluding hydrogens is 721 g/mol. The van der Waals surface area contributed by atoms with Crippen LogP contribution in [0.3, 0.4) is 0 Å². The number of aliphatic hydroxyl groups is 1. The van der Waals surface area contributed by atoms with E-state index in [9.17, 15) is 19.5 Å². The number of carbonyl (C=O) groups is 3. The summed E-state index contributed by atoms with van der Waals surface area (Å²) in [6, 6.07) is 5.39. The van der Waals surface area contributed by atoms with E-state index in [4.69, 9.17) is 23.7 Å². The highest BCUT2D eigenvalue weighted by molar-refractivity contribution is 5.70. The molecule has 0 aliphatic carbocycles. The summed E-state index contributed by atoms with van der Waals surface area (Å²) in [5.41, 5.74) is 2.06. The van der Waals surface area contributed by atoms with Gasteiger partial charge in [-0.2, -0.15) is 0 Å². The molecule has 0 atom stereocenters. The molecule has 0 aliphatic heterocycles. The van der Waals surface area contributed by atoms with Crippen molar-refractivity contribution in [2.75, 3.05) is 19.8 Å². The fraction of sp³-hybridized carbons (Fsp3) is 0.812. The van der Waals surface area contributed by atoms with Crippen LogP contribution in [0.2, 0.25) is 0 Å². The van der Waals surface area contributed by atoms with Crippen molar-refractivity contribution in [2.45, 2.75) is 227 Å². The fourth-order valence-corrected chi connectivity index (χ4v) is 6.96. The molecule has 0 aromatic heterocycles. The molecule has 1 rings (SSSR count). The largest absolute Gasteiger partial charge is 0.466 e. The van der Waals surface area contributed by atoms with Crippen LogP contribution < -0.4 is 0 Å². The third-order valence-electron chi connectivity index (χ3n) is 10.5. The smallest absolute Gasteiger partial charge is 0.306 e. The van der Waals surface area contributed by atoms with Crippen LogP contribution >= 0.6 is 0 Å². The van der Waals surface area contributed by atoms with Crippen molar-refractivity contribution in [1.82, 2.24) is 0 Å². The topological polar surface area (TPSA) is 118 Å². The Morgan fingerprint density at radius 2 is 0.877 bits per heavy atom. The van der Waals surface area contributed by atoms with Crippen LogP contribution in [0.4, 0.5) is 0 Å². The number of carbonyl (C=O) groups excluding carboxylic acids is 3. The van der Waals surface area contributed by atoms with E-state index in [1.165, 1.54) is 103 Å². The summed E-state index contributed by atoms with van der Waals surface area (Å²) in [7, 11) is 0. The molecule has 330 valence electrons. The van der Waals surface area contributed by atoms with Crippen LogP contribution in [0.25, 0.3) is 0 Å². The van der Waals surface area contributed by atoms with Gasteiger partial charge in [0.25, 0.3) is 0 Å². The molecule has 0 radical (unpaired) electrons. The van der Waals surface area contributed by atoms with Crippen molar-refractivity contribution < 1.29 is 43.2 Å². The van der Waals surface area contributed by atoms with Crippen LogP contribution in [0.15, 0.2) is 18.2 Å². The molecule has 9 heteroatoms. The minimum absolute atomic E-state index is 0.0426. The molecule has 0 saturated carbocycles. The first-order chi connectivity index (χ1) is 27.8. The van der Waals surface area contributed by atoms with Gasteiger partial charge >= 0.3 is 17.9 Å². The first kappa shape index (κ1) is 52.5. The average molecular weight is 805 g/mol. The molecule has 0 bridgehead atoms. The van der Waals surface area contributed by atoms with Gasteiger partial charge in [-0.25, -0.2) is 0 Å². The van der Waals surface area contributed by atoms with E-state index < -0.39 is 6.29 Å². The summed E-state index contributed by atoms with van der Waals surface area (Å²) in [5, 5.41) is 9.85. The van der Waals surface area contributed by atoms with Gasteiger partial charge < -0.3 is 28.8 Å². The molecule has 1 N–H and O–H groups in total. The van der Waals surface area contributed by atoms with Crippen molar-refractivity contribution in [3.63, 3.8) is 0 Å². The van der Waals surface area contributed by atoms with Crippen molar-refractivity contribution in [1.29, 1.82) is 0 Å². The lowest BCUT2D eigenvalue weighted by Crippen LogP contribution is -2.21. The standard InChI is InChI=1S/C48H84O9/c1-5-9-13-15-17-23-32-54-48(55-33-24-18-16-14-10-6-2)30-29-47(52)57-40-44-36-42(38-49)35-43(37-44)39-56-46(51)28-22-21-27-45(50)53-34-31-41(25-19-11-7-3)26-20-12-8-4/h35-37,41,48-49H,5-34,38-40H2,1-4H3. The Morgan fingerprint density at radius 3 is 1.37 bits per heavy atom. The zero-order chi connectivity index (χ0) is 41.6. The van der Waals surface area contributed by atoms with E-state index in [1.54, 1.807) is 12.1 Å². The van der Waals surface area contributed by atoms with Gasteiger partial charge in [0.1, 0.15) is 13.2 Å². The number of aliphatic hydroxyl groups excluding tert-OH is 1. The second kappa shape index (κ2) is 37.8. The lowest BCUT2D eigenvalue weighted by molar-refractivity contribution is -0.160. The summed E-state index contributed by atoms with van der Waals surface area (Å²) in [4.78, 5) is 37.6. The number of esters is 3. The normalized spacial score (nSPS) is 11.4. The highest BCUT2D eigenvalue weighted by atomic mass is 16.7. The quantitative estimate of drug-likeness (QED) is 0.0299. The number of ether oxygens (including phenoxy) is 5. The van der Waals surface area contributed by atoms with Crippen molar-refractivity contribution in [3.05, 3.63) is 34.9 Å². The predicted octanol–water partition coefficient (Wildman–Crippen LogP) is 12.4. The van der Waals surface area contributed by atoms with Gasteiger partial charge in [-0.1, -0.05) is 155 Å². The van der Waals surface area contributed by atoms with Crippen LogP contribution in [0.1, 0.15) is 218 Å². The molecule has 1 aromatic rings. The van der Waals surface area contributed by atoms with Gasteiger partial charge in [0.05, 0.1) is 19.6 Å². The second-order valence-corrected chi connectivity index (χ2v) is 16.0. The van der Waals surface area contributed by atoms with Gasteiger partial charge in [0.2, 0.25) is 0 Å². The molecule has 1 aromatic carbocycles. The van der Waals surface area contributed by atoms with Gasteiger partial charge in [0.15, 0.2) is 6.29 Å². The number of benzene rings is 1. The number of rotatable bonds is 40. The van der Waals surface area contributed by atoms with Gasteiger partial charge in [-0.05, 0) is 60.8 Å².